The molecule has 0 aliphatic rings. The Morgan fingerprint density at radius 3 is 1.27 bits per heavy atom. The second-order valence-corrected chi connectivity index (χ2v) is 14.3. The normalized spacial score (nSPS) is 10.4. The standard InChI is InChI=1S/C17H12FNO3.C16H10FNO3.C10H9NO2.C7H4ClFO/c1-22-17(21)11-4-7-13-14(9-19-15(13)8-11)16(20)10-2-5-12(18)6-3-10;17-11-4-1-9(2-5-11)15(19)13-8-18-14-7-10(16(20)21)3-6-12(13)14;1-13-10(12)8-3-2-7-4-5-11-9(7)6-8;8-7(10)5-1-3-6(9)4-2-5/h2-9,19H,1H3;1-8,18H,(H,20,21);2-6,11H,1H3;1-4H. The van der Waals surface area contributed by atoms with Crippen LogP contribution < -0.4 is 0 Å². The molecule has 0 unspecified atom stereocenters. The van der Waals surface area contributed by atoms with Crippen molar-refractivity contribution in [2.45, 2.75) is 0 Å². The average molecular weight is 914 g/mol. The van der Waals surface area contributed by atoms with E-state index < -0.39 is 28.8 Å². The summed E-state index contributed by atoms with van der Waals surface area (Å²) >= 11 is 5.09. The van der Waals surface area contributed by atoms with Gasteiger partial charge in [-0.05, 0) is 132 Å². The number of aromatic carboxylic acids is 1. The van der Waals surface area contributed by atoms with Crippen molar-refractivity contribution in [1.29, 1.82) is 0 Å². The molecule has 0 amide bonds. The Balaban J connectivity index is 0.000000152. The first-order chi connectivity index (χ1) is 31.7. The lowest BCUT2D eigenvalue weighted by molar-refractivity contribution is 0.0592. The summed E-state index contributed by atoms with van der Waals surface area (Å²) < 4.78 is 47.3. The van der Waals surface area contributed by atoms with Crippen LogP contribution in [0, 0.1) is 17.5 Å². The number of esters is 2. The third kappa shape index (κ3) is 11.3. The molecule has 0 saturated carbocycles. The zero-order valence-electron chi connectivity index (χ0n) is 34.7. The first kappa shape index (κ1) is 46.9. The van der Waals surface area contributed by atoms with E-state index in [4.69, 9.17) is 16.7 Å². The number of methoxy groups -OCH3 is 2. The molecule has 0 aliphatic carbocycles. The maximum atomic E-state index is 12.9. The average Bonchev–Trinajstić information content (AvgIpc) is 4.10. The fourth-order valence-electron chi connectivity index (χ4n) is 6.39. The highest BCUT2D eigenvalue weighted by Gasteiger charge is 2.17. The minimum Gasteiger partial charge on any atom is -0.478 e. The molecule has 0 radical (unpaired) electrons. The van der Waals surface area contributed by atoms with E-state index in [0.29, 0.717) is 60.8 Å². The summed E-state index contributed by atoms with van der Waals surface area (Å²) in [6.45, 7) is 0. The molecule has 0 aliphatic heterocycles. The zero-order valence-corrected chi connectivity index (χ0v) is 35.4. The molecule has 0 bridgehead atoms. The quantitative estimate of drug-likeness (QED) is 0.0653. The van der Waals surface area contributed by atoms with E-state index in [1.54, 1.807) is 42.6 Å². The number of H-pyrrole nitrogens is 3. The lowest BCUT2D eigenvalue weighted by atomic mass is 10.0. The van der Waals surface area contributed by atoms with Gasteiger partial charge in [0.25, 0.3) is 5.24 Å². The van der Waals surface area contributed by atoms with Gasteiger partial charge in [-0.2, -0.15) is 0 Å². The number of aromatic amines is 3. The number of nitrogens with one attached hydrogen (secondary N) is 3. The number of aromatic nitrogens is 3. The van der Waals surface area contributed by atoms with Gasteiger partial charge in [0.05, 0.1) is 30.9 Å². The van der Waals surface area contributed by atoms with Gasteiger partial charge in [0.15, 0.2) is 11.6 Å². The van der Waals surface area contributed by atoms with Crippen LogP contribution in [-0.4, -0.2) is 69.0 Å². The van der Waals surface area contributed by atoms with E-state index in [-0.39, 0.29) is 28.9 Å². The minimum atomic E-state index is -1.03. The SMILES string of the molecule is COC(=O)c1ccc2c(C(=O)c3ccc(F)cc3)c[nH]c2c1.COC(=O)c1ccc2cc[nH]c2c1.O=C(Cl)c1ccc(F)cc1.O=C(O)c1ccc2c(C(=O)c3ccc(F)cc3)c[nH]c2c1. The van der Waals surface area contributed by atoms with Gasteiger partial charge in [0.1, 0.15) is 17.5 Å². The number of ether oxygens (including phenoxy) is 2. The number of hydrogen-bond donors (Lipinski definition) is 4. The molecule has 0 saturated heterocycles. The second-order valence-electron chi connectivity index (χ2n) is 13.9. The Morgan fingerprint density at radius 1 is 0.470 bits per heavy atom. The maximum Gasteiger partial charge on any atom is 0.337 e. The number of fused-ring (bicyclic) bond motifs is 3. The van der Waals surface area contributed by atoms with Crippen molar-refractivity contribution in [1.82, 2.24) is 15.0 Å². The number of halogens is 4. The van der Waals surface area contributed by atoms with E-state index >= 15 is 0 Å². The van der Waals surface area contributed by atoms with E-state index in [1.165, 1.54) is 105 Å². The molecule has 0 fully saturated rings. The van der Waals surface area contributed by atoms with Crippen LogP contribution in [0.1, 0.15) is 73.3 Å². The van der Waals surface area contributed by atoms with Crippen LogP contribution in [0.4, 0.5) is 13.2 Å². The number of carbonyl (C=O) groups excluding carboxylic acids is 5. The van der Waals surface area contributed by atoms with Crippen LogP contribution in [0.2, 0.25) is 0 Å². The van der Waals surface area contributed by atoms with Crippen LogP contribution in [0.15, 0.2) is 152 Å². The number of carboxylic acids is 1. The largest absolute Gasteiger partial charge is 0.478 e. The molecule has 0 atom stereocenters. The van der Waals surface area contributed by atoms with Gasteiger partial charge >= 0.3 is 17.9 Å². The zero-order chi connectivity index (χ0) is 47.5. The van der Waals surface area contributed by atoms with Gasteiger partial charge in [-0.15, -0.1) is 0 Å². The lowest BCUT2D eigenvalue weighted by Gasteiger charge is -2.01. The molecular weight excluding hydrogens is 879 g/mol. The van der Waals surface area contributed by atoms with Crippen molar-refractivity contribution in [3.63, 3.8) is 0 Å². The number of benzene rings is 6. The summed E-state index contributed by atoms with van der Waals surface area (Å²) in [7, 11) is 2.69. The highest BCUT2D eigenvalue weighted by molar-refractivity contribution is 6.67. The molecule has 3 aromatic heterocycles. The minimum absolute atomic E-state index is 0.144. The van der Waals surface area contributed by atoms with Gasteiger partial charge in [0.2, 0.25) is 0 Å². The molecular formula is C50H35ClF3N3O9. The predicted molar refractivity (Wildman–Crippen MR) is 241 cm³/mol. The van der Waals surface area contributed by atoms with Gasteiger partial charge in [-0.1, -0.05) is 18.2 Å². The molecule has 6 aromatic carbocycles. The summed E-state index contributed by atoms with van der Waals surface area (Å²) in [6, 6.07) is 32.5. The van der Waals surface area contributed by atoms with Crippen LogP contribution in [-0.2, 0) is 9.47 Å². The first-order valence-electron chi connectivity index (χ1n) is 19.4. The summed E-state index contributed by atoms with van der Waals surface area (Å²) in [5, 5.41) is 10.8. The van der Waals surface area contributed by atoms with Crippen molar-refractivity contribution in [3.8, 4) is 0 Å². The fraction of sp³-hybridized carbons (Fsp3) is 0.0400. The molecule has 4 N–H and O–H groups in total. The Bertz CT molecular complexity index is 3230. The van der Waals surface area contributed by atoms with Crippen LogP contribution in [0.5, 0.6) is 0 Å². The van der Waals surface area contributed by atoms with E-state index in [0.717, 1.165) is 10.9 Å². The van der Waals surface area contributed by atoms with Crippen molar-refractivity contribution in [2.24, 2.45) is 0 Å². The van der Waals surface area contributed by atoms with Crippen LogP contribution >= 0.6 is 11.6 Å². The van der Waals surface area contributed by atoms with E-state index in [1.807, 2.05) is 18.3 Å². The topological polar surface area (TPSA) is 188 Å². The number of rotatable bonds is 8. The number of ketones is 2. The van der Waals surface area contributed by atoms with E-state index in [2.05, 4.69) is 24.4 Å². The molecule has 9 aromatic rings. The maximum absolute atomic E-state index is 12.9. The highest BCUT2D eigenvalue weighted by atomic mass is 35.5. The Labute approximate surface area is 377 Å². The van der Waals surface area contributed by atoms with Crippen molar-refractivity contribution < 1.29 is 56.5 Å². The predicted octanol–water partition coefficient (Wildman–Crippen LogP) is 10.7. The van der Waals surface area contributed by atoms with Gasteiger partial charge in [0, 0.05) is 73.7 Å². The summed E-state index contributed by atoms with van der Waals surface area (Å²) in [4.78, 5) is 77.7. The van der Waals surface area contributed by atoms with Crippen LogP contribution in [0.3, 0.4) is 0 Å². The highest BCUT2D eigenvalue weighted by Crippen LogP contribution is 2.25. The third-order valence-corrected chi connectivity index (χ3v) is 10.00. The number of carbonyl (C=O) groups is 6. The molecule has 16 heteroatoms. The van der Waals surface area contributed by atoms with Gasteiger partial charge in [-0.3, -0.25) is 14.4 Å². The molecule has 0 spiro atoms. The van der Waals surface area contributed by atoms with Crippen molar-refractivity contribution in [2.75, 3.05) is 14.2 Å². The van der Waals surface area contributed by atoms with Gasteiger partial charge in [-0.25, -0.2) is 27.6 Å². The molecule has 9 rings (SSSR count). The Hall–Kier alpha value is -8.56. The monoisotopic (exact) mass is 913 g/mol. The van der Waals surface area contributed by atoms with Crippen molar-refractivity contribution in [3.05, 3.63) is 214 Å². The fourth-order valence-corrected chi connectivity index (χ4v) is 6.52. The Morgan fingerprint density at radius 2 is 0.848 bits per heavy atom. The Kier molecular flexibility index (Phi) is 15.1. The molecule has 332 valence electrons. The van der Waals surface area contributed by atoms with Crippen LogP contribution in [0.25, 0.3) is 32.7 Å². The lowest BCUT2D eigenvalue weighted by Crippen LogP contribution is -2.02. The molecule has 3 heterocycles. The summed E-state index contributed by atoms with van der Waals surface area (Å²) in [5.74, 6) is -3.41. The smallest absolute Gasteiger partial charge is 0.337 e. The van der Waals surface area contributed by atoms with Gasteiger partial charge < -0.3 is 29.5 Å². The summed E-state index contributed by atoms with van der Waals surface area (Å²) in [5.41, 5.74) is 5.27. The third-order valence-electron chi connectivity index (χ3n) is 9.78. The number of carboxylic acid groups (broad SMARTS) is 1. The van der Waals surface area contributed by atoms with E-state index in [9.17, 15) is 41.9 Å². The molecule has 66 heavy (non-hydrogen) atoms. The number of hydrogen-bond acceptors (Lipinski definition) is 8. The summed E-state index contributed by atoms with van der Waals surface area (Å²) in [6.07, 6.45) is 4.95. The molecule has 12 nitrogen and oxygen atoms in total. The first-order valence-corrected chi connectivity index (χ1v) is 19.8. The second kappa shape index (κ2) is 21.2. The van der Waals surface area contributed by atoms with Crippen molar-refractivity contribution >= 4 is 79.0 Å².